The molecule has 0 saturated heterocycles. The largest absolute Gasteiger partial charge is 0.478 e. The SMILES string of the molecule is O=C(O)c1cn(-c2ccc(Cl)cc2Cl)nc1-c1ccco1. The van der Waals surface area contributed by atoms with Crippen molar-refractivity contribution in [1.29, 1.82) is 0 Å². The van der Waals surface area contributed by atoms with Gasteiger partial charge in [-0.15, -0.1) is 0 Å². The molecule has 1 aromatic carbocycles. The molecular formula is C14H8Cl2N2O3. The molecule has 0 unspecified atom stereocenters. The van der Waals surface area contributed by atoms with Crippen LogP contribution >= 0.6 is 23.2 Å². The van der Waals surface area contributed by atoms with Crippen LogP contribution in [0.15, 0.2) is 47.2 Å². The summed E-state index contributed by atoms with van der Waals surface area (Å²) in [6, 6.07) is 8.18. The predicted molar refractivity (Wildman–Crippen MR) is 78.2 cm³/mol. The lowest BCUT2D eigenvalue weighted by Gasteiger charge is -2.04. The van der Waals surface area contributed by atoms with Crippen molar-refractivity contribution in [3.63, 3.8) is 0 Å². The Hall–Kier alpha value is -2.24. The molecule has 0 spiro atoms. The van der Waals surface area contributed by atoms with Gasteiger partial charge in [-0.05, 0) is 30.3 Å². The second-order valence-electron chi connectivity index (χ2n) is 4.21. The van der Waals surface area contributed by atoms with Gasteiger partial charge >= 0.3 is 5.97 Å². The second-order valence-corrected chi connectivity index (χ2v) is 5.06. The van der Waals surface area contributed by atoms with E-state index < -0.39 is 5.97 Å². The zero-order valence-electron chi connectivity index (χ0n) is 10.5. The van der Waals surface area contributed by atoms with E-state index in [-0.39, 0.29) is 11.3 Å². The number of carbonyl (C=O) groups is 1. The molecule has 2 aromatic heterocycles. The Morgan fingerprint density at radius 1 is 1.29 bits per heavy atom. The zero-order valence-corrected chi connectivity index (χ0v) is 12.0. The number of nitrogens with zero attached hydrogens (tertiary/aromatic N) is 2. The highest BCUT2D eigenvalue weighted by molar-refractivity contribution is 6.35. The van der Waals surface area contributed by atoms with Gasteiger partial charge in [0.25, 0.3) is 0 Å². The van der Waals surface area contributed by atoms with Crippen LogP contribution in [0, 0.1) is 0 Å². The van der Waals surface area contributed by atoms with E-state index in [4.69, 9.17) is 27.6 Å². The fourth-order valence-corrected chi connectivity index (χ4v) is 2.41. The topological polar surface area (TPSA) is 68.3 Å². The Kier molecular flexibility index (Phi) is 3.45. The fourth-order valence-electron chi connectivity index (χ4n) is 1.92. The quantitative estimate of drug-likeness (QED) is 0.786. The van der Waals surface area contributed by atoms with E-state index in [1.807, 2.05) is 0 Å². The summed E-state index contributed by atoms with van der Waals surface area (Å²) in [6.45, 7) is 0. The molecule has 21 heavy (non-hydrogen) atoms. The molecule has 0 bridgehead atoms. The minimum atomic E-state index is -1.10. The maximum absolute atomic E-state index is 11.4. The lowest BCUT2D eigenvalue weighted by Crippen LogP contribution is -1.96. The molecule has 0 fully saturated rings. The summed E-state index contributed by atoms with van der Waals surface area (Å²) in [5.74, 6) is -0.728. The van der Waals surface area contributed by atoms with Crippen molar-refractivity contribution in [3.8, 4) is 17.1 Å². The summed E-state index contributed by atoms with van der Waals surface area (Å²) in [7, 11) is 0. The van der Waals surface area contributed by atoms with E-state index in [9.17, 15) is 9.90 Å². The summed E-state index contributed by atoms with van der Waals surface area (Å²) in [5, 5.41) is 14.4. The highest BCUT2D eigenvalue weighted by Gasteiger charge is 2.20. The first kappa shape index (κ1) is 13.7. The third-order valence-corrected chi connectivity index (χ3v) is 3.39. The number of benzene rings is 1. The monoisotopic (exact) mass is 322 g/mol. The lowest BCUT2D eigenvalue weighted by atomic mass is 10.2. The van der Waals surface area contributed by atoms with Gasteiger partial charge in [0.05, 0.1) is 17.0 Å². The highest BCUT2D eigenvalue weighted by Crippen LogP contribution is 2.28. The molecule has 7 heteroatoms. The molecule has 1 N–H and O–H groups in total. The van der Waals surface area contributed by atoms with Crippen molar-refractivity contribution < 1.29 is 14.3 Å². The van der Waals surface area contributed by atoms with Crippen molar-refractivity contribution in [2.24, 2.45) is 0 Å². The number of halogens is 2. The number of hydrogen-bond acceptors (Lipinski definition) is 3. The second kappa shape index (κ2) is 5.27. The molecule has 106 valence electrons. The van der Waals surface area contributed by atoms with E-state index in [1.165, 1.54) is 17.1 Å². The first-order valence-corrected chi connectivity index (χ1v) is 6.64. The minimum absolute atomic E-state index is 0.0240. The van der Waals surface area contributed by atoms with Gasteiger partial charge in [-0.2, -0.15) is 5.10 Å². The number of aromatic carboxylic acids is 1. The summed E-state index contributed by atoms with van der Waals surface area (Å²) in [5.41, 5.74) is 0.788. The molecule has 2 heterocycles. The molecule has 0 atom stereocenters. The molecule has 3 rings (SSSR count). The van der Waals surface area contributed by atoms with Gasteiger partial charge in [0, 0.05) is 11.2 Å². The first-order chi connectivity index (χ1) is 10.1. The van der Waals surface area contributed by atoms with Crippen LogP contribution in [0.25, 0.3) is 17.1 Å². The van der Waals surface area contributed by atoms with Gasteiger partial charge in [0.15, 0.2) is 5.76 Å². The van der Waals surface area contributed by atoms with Crippen LogP contribution in [-0.2, 0) is 0 Å². The van der Waals surface area contributed by atoms with E-state index in [0.717, 1.165) is 0 Å². The molecule has 0 aliphatic rings. The standard InChI is InChI=1S/C14H8Cl2N2O3/c15-8-3-4-11(10(16)6-8)18-7-9(14(19)20)13(17-18)12-2-1-5-21-12/h1-7H,(H,19,20). The highest BCUT2D eigenvalue weighted by atomic mass is 35.5. The van der Waals surface area contributed by atoms with Crippen LogP contribution in [0.1, 0.15) is 10.4 Å². The van der Waals surface area contributed by atoms with Crippen LogP contribution in [0.5, 0.6) is 0 Å². The maximum Gasteiger partial charge on any atom is 0.339 e. The summed E-state index contributed by atoms with van der Waals surface area (Å²) in [6.07, 6.45) is 2.84. The van der Waals surface area contributed by atoms with Crippen molar-refractivity contribution >= 4 is 29.2 Å². The van der Waals surface area contributed by atoms with E-state index in [2.05, 4.69) is 5.10 Å². The Morgan fingerprint density at radius 3 is 2.71 bits per heavy atom. The molecule has 3 aromatic rings. The smallest absolute Gasteiger partial charge is 0.339 e. The third-order valence-electron chi connectivity index (χ3n) is 2.86. The third kappa shape index (κ3) is 2.53. The number of rotatable bonds is 3. The van der Waals surface area contributed by atoms with Crippen LogP contribution in [0.3, 0.4) is 0 Å². The van der Waals surface area contributed by atoms with E-state index in [1.54, 1.807) is 30.3 Å². The lowest BCUT2D eigenvalue weighted by molar-refractivity contribution is 0.0697. The number of hydrogen-bond donors (Lipinski definition) is 1. The molecule has 0 aliphatic carbocycles. The molecule has 5 nitrogen and oxygen atoms in total. The molecule has 0 saturated carbocycles. The predicted octanol–water partition coefficient (Wildman–Crippen LogP) is 4.14. The van der Waals surface area contributed by atoms with Gasteiger partial charge < -0.3 is 9.52 Å². The number of aromatic nitrogens is 2. The summed E-state index contributed by atoms with van der Waals surface area (Å²) < 4.78 is 6.60. The average Bonchev–Trinajstić information content (AvgIpc) is 3.07. The Morgan fingerprint density at radius 2 is 2.10 bits per heavy atom. The van der Waals surface area contributed by atoms with Crippen molar-refractivity contribution in [2.75, 3.05) is 0 Å². The van der Waals surface area contributed by atoms with Gasteiger partial charge in [-0.1, -0.05) is 23.2 Å². The maximum atomic E-state index is 11.4. The zero-order chi connectivity index (χ0) is 15.0. The normalized spacial score (nSPS) is 10.8. The van der Waals surface area contributed by atoms with Gasteiger partial charge in [0.2, 0.25) is 0 Å². The van der Waals surface area contributed by atoms with Crippen molar-refractivity contribution in [1.82, 2.24) is 9.78 Å². The number of carboxylic acid groups (broad SMARTS) is 1. The number of furan rings is 1. The Labute approximate surface area is 129 Å². The summed E-state index contributed by atoms with van der Waals surface area (Å²) >= 11 is 12.0. The molecule has 0 amide bonds. The van der Waals surface area contributed by atoms with E-state index >= 15 is 0 Å². The van der Waals surface area contributed by atoms with Crippen LogP contribution < -0.4 is 0 Å². The number of carboxylic acids is 1. The fraction of sp³-hybridized carbons (Fsp3) is 0. The van der Waals surface area contributed by atoms with E-state index in [0.29, 0.717) is 21.5 Å². The van der Waals surface area contributed by atoms with Crippen molar-refractivity contribution in [2.45, 2.75) is 0 Å². The van der Waals surface area contributed by atoms with Crippen LogP contribution in [0.4, 0.5) is 0 Å². The molecule has 0 radical (unpaired) electrons. The average molecular weight is 323 g/mol. The molecular weight excluding hydrogens is 315 g/mol. The van der Waals surface area contributed by atoms with Gasteiger partial charge in [0.1, 0.15) is 11.3 Å². The van der Waals surface area contributed by atoms with Crippen LogP contribution in [-0.4, -0.2) is 20.9 Å². The molecule has 0 aliphatic heterocycles. The Bertz CT molecular complexity index is 810. The summed E-state index contributed by atoms with van der Waals surface area (Å²) in [4.78, 5) is 11.4. The Balaban J connectivity index is 2.17. The van der Waals surface area contributed by atoms with Gasteiger partial charge in [-0.25, -0.2) is 9.48 Å². The first-order valence-electron chi connectivity index (χ1n) is 5.88. The van der Waals surface area contributed by atoms with Crippen molar-refractivity contribution in [3.05, 3.63) is 58.4 Å². The minimum Gasteiger partial charge on any atom is -0.478 e. The van der Waals surface area contributed by atoms with Crippen LogP contribution in [0.2, 0.25) is 10.0 Å². The van der Waals surface area contributed by atoms with Gasteiger partial charge in [-0.3, -0.25) is 0 Å².